The summed E-state index contributed by atoms with van der Waals surface area (Å²) in [4.78, 5) is 0. The molecule has 322 valence electrons. The summed E-state index contributed by atoms with van der Waals surface area (Å²) >= 11 is 0. The summed E-state index contributed by atoms with van der Waals surface area (Å²) in [6, 6.07) is 58.2. The van der Waals surface area contributed by atoms with Crippen LogP contribution in [0.15, 0.2) is 170 Å². The molecule has 0 radical (unpaired) electrons. The highest BCUT2D eigenvalue weighted by atomic mass is 16.5. The molecule has 0 amide bonds. The Kier molecular flexibility index (Phi) is 13.6. The van der Waals surface area contributed by atoms with Gasteiger partial charge in [-0.3, -0.25) is 0 Å². The number of rotatable bonds is 15. The fourth-order valence-electron chi connectivity index (χ4n) is 9.64. The van der Waals surface area contributed by atoms with Crippen LogP contribution in [0.1, 0.15) is 55.6 Å². The van der Waals surface area contributed by atoms with Crippen LogP contribution in [0, 0.1) is 41.5 Å². The average Bonchev–Trinajstić information content (AvgIpc) is 3.29. The van der Waals surface area contributed by atoms with Gasteiger partial charge in [-0.2, -0.15) is 0 Å². The molecule has 0 fully saturated rings. The Morgan fingerprint density at radius 1 is 0.359 bits per heavy atom. The Labute approximate surface area is 379 Å². The molecule has 0 heterocycles. The molecule has 0 aliphatic rings. The third kappa shape index (κ3) is 9.75. The molecule has 4 heteroatoms. The van der Waals surface area contributed by atoms with E-state index in [4.69, 9.17) is 9.47 Å². The van der Waals surface area contributed by atoms with E-state index in [0.717, 1.165) is 89.0 Å². The second kappa shape index (κ2) is 19.8. The van der Waals surface area contributed by atoms with Crippen LogP contribution in [0.3, 0.4) is 0 Å². The van der Waals surface area contributed by atoms with Crippen LogP contribution in [-0.4, -0.2) is 22.4 Å². The summed E-state index contributed by atoms with van der Waals surface area (Å²) in [6.07, 6.45) is -0.391. The van der Waals surface area contributed by atoms with Crippen molar-refractivity contribution >= 4 is 0 Å². The molecule has 0 saturated carbocycles. The first-order valence-electron chi connectivity index (χ1n) is 22.3. The monoisotopic (exact) mass is 842 g/mol. The molecule has 8 rings (SSSR count). The molecule has 4 nitrogen and oxygen atoms in total. The maximum Gasteiger partial charge on any atom is 0.126 e. The van der Waals surface area contributed by atoms with Gasteiger partial charge in [0.15, 0.2) is 0 Å². The van der Waals surface area contributed by atoms with Crippen molar-refractivity contribution in [3.8, 4) is 56.0 Å². The number of aryl methyl sites for hydroxylation is 6. The Morgan fingerprint density at radius 3 is 1.05 bits per heavy atom. The summed E-state index contributed by atoms with van der Waals surface area (Å²) in [7, 11) is 0. The number of hydrogen-bond acceptors (Lipinski definition) is 4. The number of phenols is 2. The van der Waals surface area contributed by atoms with E-state index in [1.54, 1.807) is 0 Å². The van der Waals surface area contributed by atoms with Gasteiger partial charge in [0.05, 0.1) is 25.4 Å². The maximum atomic E-state index is 12.3. The average molecular weight is 843 g/mol. The summed E-state index contributed by atoms with van der Waals surface area (Å²) in [5.74, 6) is 0.471. The van der Waals surface area contributed by atoms with Gasteiger partial charge in [-0.15, -0.1) is 0 Å². The molecular weight excluding hydrogens is 785 g/mol. The Hall–Kier alpha value is -6.72. The van der Waals surface area contributed by atoms with E-state index in [2.05, 4.69) is 163 Å². The van der Waals surface area contributed by atoms with Crippen molar-refractivity contribution in [1.82, 2.24) is 0 Å². The van der Waals surface area contributed by atoms with Gasteiger partial charge in [-0.05, 0) is 119 Å². The molecule has 8 aromatic rings. The number of hydrogen-bond donors (Lipinski definition) is 2. The predicted molar refractivity (Wildman–Crippen MR) is 264 cm³/mol. The third-order valence-electron chi connectivity index (χ3n) is 12.5. The van der Waals surface area contributed by atoms with Crippen molar-refractivity contribution in [3.05, 3.63) is 225 Å². The zero-order valence-corrected chi connectivity index (χ0v) is 37.9. The molecule has 2 atom stereocenters. The highest BCUT2D eigenvalue weighted by molar-refractivity contribution is 5.79. The molecule has 0 saturated heterocycles. The maximum absolute atomic E-state index is 12.3. The van der Waals surface area contributed by atoms with Crippen molar-refractivity contribution in [2.24, 2.45) is 0 Å². The molecule has 0 bridgehead atoms. The molecule has 8 aromatic carbocycles. The van der Waals surface area contributed by atoms with Crippen LogP contribution in [0.5, 0.6) is 11.5 Å². The van der Waals surface area contributed by atoms with E-state index in [-0.39, 0.29) is 11.5 Å². The van der Waals surface area contributed by atoms with Crippen LogP contribution >= 0.6 is 0 Å². The first-order chi connectivity index (χ1) is 31.0. The lowest BCUT2D eigenvalue weighted by atomic mass is 9.89. The number of aromatic hydroxyl groups is 2. The fourth-order valence-corrected chi connectivity index (χ4v) is 9.64. The topological polar surface area (TPSA) is 58.9 Å². The van der Waals surface area contributed by atoms with Crippen molar-refractivity contribution < 1.29 is 19.7 Å². The van der Waals surface area contributed by atoms with E-state index < -0.39 is 12.2 Å². The molecule has 64 heavy (non-hydrogen) atoms. The third-order valence-corrected chi connectivity index (χ3v) is 12.5. The number of para-hydroxylation sites is 2. The van der Waals surface area contributed by atoms with Gasteiger partial charge in [-0.25, -0.2) is 0 Å². The molecule has 0 aromatic heterocycles. The lowest BCUT2D eigenvalue weighted by Crippen LogP contribution is -2.35. The van der Waals surface area contributed by atoms with Crippen molar-refractivity contribution in [1.29, 1.82) is 0 Å². The predicted octanol–water partition coefficient (Wildman–Crippen LogP) is 14.6. The van der Waals surface area contributed by atoms with Crippen LogP contribution in [-0.2, 0) is 35.5 Å². The first-order valence-corrected chi connectivity index (χ1v) is 22.3. The van der Waals surface area contributed by atoms with Crippen molar-refractivity contribution in [2.75, 3.05) is 0 Å². The first kappa shape index (κ1) is 43.9. The van der Waals surface area contributed by atoms with Crippen molar-refractivity contribution in [3.63, 3.8) is 0 Å². The lowest BCUT2D eigenvalue weighted by molar-refractivity contribution is -0.0847. The largest absolute Gasteiger partial charge is 0.507 e. The number of benzene rings is 8. The van der Waals surface area contributed by atoms with E-state index in [0.29, 0.717) is 26.1 Å². The van der Waals surface area contributed by atoms with Crippen molar-refractivity contribution in [2.45, 2.75) is 79.8 Å². The normalized spacial score (nSPS) is 12.3. The second-order valence-electron chi connectivity index (χ2n) is 17.3. The van der Waals surface area contributed by atoms with Gasteiger partial charge in [0.1, 0.15) is 11.5 Å². The van der Waals surface area contributed by atoms with Gasteiger partial charge in [0, 0.05) is 24.0 Å². The quantitative estimate of drug-likeness (QED) is 0.108. The summed E-state index contributed by atoms with van der Waals surface area (Å²) < 4.78 is 14.4. The van der Waals surface area contributed by atoms with Gasteiger partial charge < -0.3 is 19.7 Å². The fraction of sp³-hybridized carbons (Fsp3) is 0.200. The Morgan fingerprint density at radius 2 is 0.672 bits per heavy atom. The molecule has 0 unspecified atom stereocenters. The summed E-state index contributed by atoms with van der Waals surface area (Å²) in [5, 5.41) is 24.5. The van der Waals surface area contributed by atoms with Gasteiger partial charge in [-0.1, -0.05) is 181 Å². The summed E-state index contributed by atoms with van der Waals surface area (Å²) in [6.45, 7) is 13.2. The summed E-state index contributed by atoms with van der Waals surface area (Å²) in [5.41, 5.74) is 18.5. The van der Waals surface area contributed by atoms with Crippen LogP contribution in [0.2, 0.25) is 0 Å². The molecule has 0 spiro atoms. The Balaban J connectivity index is 1.24. The van der Waals surface area contributed by atoms with E-state index in [1.165, 1.54) is 11.1 Å². The van der Waals surface area contributed by atoms with E-state index in [1.807, 2.05) is 48.5 Å². The smallest absolute Gasteiger partial charge is 0.126 e. The minimum Gasteiger partial charge on any atom is -0.507 e. The zero-order chi connectivity index (χ0) is 44.7. The number of ether oxygens (including phenoxy) is 2. The van der Waals surface area contributed by atoms with Crippen LogP contribution < -0.4 is 0 Å². The SMILES string of the molecule is Cc1cc(C)c(-c2cccc(C[C@@H](OCc3ccccc3-c3ccccc3)[C@@H](Cc3cccc(-c4c(C)cc(C)cc4C)c3O)OCc3ccccc3-c3ccccc3)c2O)c(C)c1. The standard InChI is InChI=1S/C60H58O4/c1-39-31-41(3)57(42(4)32-39)53-29-17-25-47(59(53)61)35-55(63-37-49-23-13-15-27-51(49)45-19-9-7-10-20-45)56(64-38-50-24-14-16-28-52(50)46-21-11-8-12-22-46)36-48-26-18-30-54(60(48)62)58-43(5)33-40(2)34-44(58)6/h7-34,55-56,61-62H,35-38H2,1-6H3/t55-,56-/m1/s1. The number of phenolic OH excluding ortho intramolecular Hbond substituents is 2. The Bertz CT molecular complexity index is 2630. The molecule has 2 N–H and O–H groups in total. The highest BCUT2D eigenvalue weighted by Crippen LogP contribution is 2.40. The minimum absolute atomic E-state index is 0.235. The van der Waals surface area contributed by atoms with Gasteiger partial charge in [0.25, 0.3) is 0 Å². The molecule has 0 aliphatic carbocycles. The van der Waals surface area contributed by atoms with E-state index in [9.17, 15) is 10.2 Å². The lowest BCUT2D eigenvalue weighted by Gasteiger charge is -2.30. The zero-order valence-electron chi connectivity index (χ0n) is 37.9. The van der Waals surface area contributed by atoms with Crippen LogP contribution in [0.4, 0.5) is 0 Å². The molecule has 0 aliphatic heterocycles. The van der Waals surface area contributed by atoms with E-state index >= 15 is 0 Å². The van der Waals surface area contributed by atoms with Gasteiger partial charge >= 0.3 is 0 Å². The highest BCUT2D eigenvalue weighted by Gasteiger charge is 2.29. The second-order valence-corrected chi connectivity index (χ2v) is 17.3. The molecular formula is C60H58O4. The minimum atomic E-state index is -0.556. The van der Waals surface area contributed by atoms with Crippen LogP contribution in [0.25, 0.3) is 44.5 Å². The van der Waals surface area contributed by atoms with Gasteiger partial charge in [0.2, 0.25) is 0 Å².